The summed E-state index contributed by atoms with van der Waals surface area (Å²) in [7, 11) is 0. The summed E-state index contributed by atoms with van der Waals surface area (Å²) >= 11 is 3.61. The molecule has 0 aliphatic carbocycles. The first-order chi connectivity index (χ1) is 8.76. The van der Waals surface area contributed by atoms with Gasteiger partial charge in [-0.3, -0.25) is 0 Å². The SMILES string of the molecule is CCCc1nc(C2CCOC2)nc(NCC)c1Br. The number of aromatic nitrogens is 2. The molecule has 0 amide bonds. The van der Waals surface area contributed by atoms with Crippen molar-refractivity contribution in [1.29, 1.82) is 0 Å². The number of ether oxygens (including phenoxy) is 1. The highest BCUT2D eigenvalue weighted by molar-refractivity contribution is 9.10. The maximum atomic E-state index is 5.43. The Labute approximate surface area is 117 Å². The van der Waals surface area contributed by atoms with Crippen molar-refractivity contribution in [2.75, 3.05) is 25.1 Å². The van der Waals surface area contributed by atoms with Gasteiger partial charge in [-0.15, -0.1) is 0 Å². The van der Waals surface area contributed by atoms with Gasteiger partial charge in [-0.05, 0) is 35.7 Å². The zero-order valence-corrected chi connectivity index (χ0v) is 12.6. The Morgan fingerprint density at radius 1 is 1.39 bits per heavy atom. The smallest absolute Gasteiger partial charge is 0.144 e. The van der Waals surface area contributed by atoms with E-state index in [0.717, 1.165) is 60.8 Å². The van der Waals surface area contributed by atoms with E-state index in [-0.39, 0.29) is 0 Å². The first-order valence-electron chi connectivity index (χ1n) is 6.64. The molecule has 1 aliphatic rings. The largest absolute Gasteiger partial charge is 0.381 e. The highest BCUT2D eigenvalue weighted by Gasteiger charge is 2.23. The third kappa shape index (κ3) is 3.01. The molecule has 1 aliphatic heterocycles. The summed E-state index contributed by atoms with van der Waals surface area (Å²) in [5.74, 6) is 2.19. The van der Waals surface area contributed by atoms with Crippen molar-refractivity contribution in [3.63, 3.8) is 0 Å². The Bertz CT molecular complexity index is 378. The number of hydrogen-bond donors (Lipinski definition) is 1. The molecule has 0 radical (unpaired) electrons. The van der Waals surface area contributed by atoms with Gasteiger partial charge in [0.1, 0.15) is 11.6 Å². The van der Waals surface area contributed by atoms with Crippen LogP contribution in [-0.4, -0.2) is 29.7 Å². The van der Waals surface area contributed by atoms with E-state index in [4.69, 9.17) is 9.72 Å². The first-order valence-corrected chi connectivity index (χ1v) is 7.43. The molecule has 1 N–H and O–H groups in total. The third-order valence-electron chi connectivity index (χ3n) is 3.06. The lowest BCUT2D eigenvalue weighted by Crippen LogP contribution is -2.11. The second-order valence-corrected chi connectivity index (χ2v) is 5.32. The van der Waals surface area contributed by atoms with Gasteiger partial charge in [0.2, 0.25) is 0 Å². The molecule has 1 atom stereocenters. The van der Waals surface area contributed by atoms with Gasteiger partial charge in [0.25, 0.3) is 0 Å². The van der Waals surface area contributed by atoms with Crippen molar-refractivity contribution in [2.24, 2.45) is 0 Å². The van der Waals surface area contributed by atoms with E-state index in [1.165, 1.54) is 0 Å². The monoisotopic (exact) mass is 313 g/mol. The minimum atomic E-state index is 0.353. The van der Waals surface area contributed by atoms with E-state index in [0.29, 0.717) is 5.92 Å². The molecular weight excluding hydrogens is 294 g/mol. The quantitative estimate of drug-likeness (QED) is 0.907. The van der Waals surface area contributed by atoms with Gasteiger partial charge in [0, 0.05) is 19.1 Å². The molecule has 1 saturated heterocycles. The number of rotatable bonds is 5. The molecule has 5 heteroatoms. The van der Waals surface area contributed by atoms with Crippen LogP contribution in [0.25, 0.3) is 0 Å². The molecule has 0 spiro atoms. The minimum absolute atomic E-state index is 0.353. The number of nitrogens with one attached hydrogen (secondary N) is 1. The maximum Gasteiger partial charge on any atom is 0.144 e. The summed E-state index contributed by atoms with van der Waals surface area (Å²) in [6.45, 7) is 6.68. The van der Waals surface area contributed by atoms with Crippen molar-refractivity contribution >= 4 is 21.7 Å². The Morgan fingerprint density at radius 3 is 2.83 bits per heavy atom. The predicted octanol–water partition coefficient (Wildman–Crippen LogP) is 3.13. The molecule has 18 heavy (non-hydrogen) atoms. The van der Waals surface area contributed by atoms with Crippen LogP contribution in [0, 0.1) is 0 Å². The molecule has 1 aromatic rings. The van der Waals surface area contributed by atoms with E-state index in [9.17, 15) is 0 Å². The fourth-order valence-corrected chi connectivity index (χ4v) is 2.64. The maximum absolute atomic E-state index is 5.43. The standard InChI is InChI=1S/C13H20BrN3O/c1-3-5-10-11(14)13(15-4-2)17-12(16-10)9-6-7-18-8-9/h9H,3-8H2,1-2H3,(H,15,16,17). The Kier molecular flexibility index (Phi) is 4.95. The number of halogens is 1. The first kappa shape index (κ1) is 13.7. The molecule has 2 heterocycles. The van der Waals surface area contributed by atoms with Crippen LogP contribution >= 0.6 is 15.9 Å². The number of hydrogen-bond acceptors (Lipinski definition) is 4. The van der Waals surface area contributed by atoms with Crippen molar-refractivity contribution in [1.82, 2.24) is 9.97 Å². The molecule has 2 rings (SSSR count). The number of nitrogens with zero attached hydrogens (tertiary/aromatic N) is 2. The van der Waals surface area contributed by atoms with Crippen LogP contribution in [0.2, 0.25) is 0 Å². The normalized spacial score (nSPS) is 19.2. The van der Waals surface area contributed by atoms with E-state index >= 15 is 0 Å². The Hall–Kier alpha value is -0.680. The van der Waals surface area contributed by atoms with Crippen LogP contribution in [0.1, 0.15) is 44.1 Å². The van der Waals surface area contributed by atoms with E-state index in [1.807, 2.05) is 0 Å². The molecule has 1 fully saturated rings. The second-order valence-electron chi connectivity index (χ2n) is 4.53. The van der Waals surface area contributed by atoms with Crippen LogP contribution in [0.15, 0.2) is 4.47 Å². The van der Waals surface area contributed by atoms with Crippen LogP contribution in [0.4, 0.5) is 5.82 Å². The van der Waals surface area contributed by atoms with Gasteiger partial charge < -0.3 is 10.1 Å². The van der Waals surface area contributed by atoms with Gasteiger partial charge in [-0.25, -0.2) is 9.97 Å². The van der Waals surface area contributed by atoms with Crippen LogP contribution in [-0.2, 0) is 11.2 Å². The zero-order chi connectivity index (χ0) is 13.0. The highest BCUT2D eigenvalue weighted by Crippen LogP contribution is 2.29. The average molecular weight is 314 g/mol. The molecule has 4 nitrogen and oxygen atoms in total. The van der Waals surface area contributed by atoms with Gasteiger partial charge in [-0.1, -0.05) is 13.3 Å². The average Bonchev–Trinajstić information content (AvgIpc) is 2.88. The molecule has 100 valence electrons. The van der Waals surface area contributed by atoms with E-state index in [1.54, 1.807) is 0 Å². The molecule has 0 saturated carbocycles. The lowest BCUT2D eigenvalue weighted by molar-refractivity contribution is 0.193. The summed E-state index contributed by atoms with van der Waals surface area (Å²) in [6, 6.07) is 0. The van der Waals surface area contributed by atoms with E-state index in [2.05, 4.69) is 40.1 Å². The third-order valence-corrected chi connectivity index (χ3v) is 3.90. The Balaban J connectivity index is 2.33. The van der Waals surface area contributed by atoms with Crippen molar-refractivity contribution < 1.29 is 4.74 Å². The minimum Gasteiger partial charge on any atom is -0.381 e. The number of anilines is 1. The summed E-state index contributed by atoms with van der Waals surface area (Å²) in [5.41, 5.74) is 1.10. The van der Waals surface area contributed by atoms with Gasteiger partial charge >= 0.3 is 0 Å². The summed E-state index contributed by atoms with van der Waals surface area (Å²) < 4.78 is 6.44. The van der Waals surface area contributed by atoms with Crippen LogP contribution < -0.4 is 5.32 Å². The van der Waals surface area contributed by atoms with Crippen molar-refractivity contribution in [3.05, 3.63) is 16.0 Å². The second kappa shape index (κ2) is 6.48. The van der Waals surface area contributed by atoms with Gasteiger partial charge in [-0.2, -0.15) is 0 Å². The molecule has 1 unspecified atom stereocenters. The van der Waals surface area contributed by atoms with Crippen molar-refractivity contribution in [2.45, 2.75) is 39.0 Å². The topological polar surface area (TPSA) is 47.0 Å². The van der Waals surface area contributed by atoms with Crippen LogP contribution in [0.3, 0.4) is 0 Å². The fraction of sp³-hybridized carbons (Fsp3) is 0.692. The van der Waals surface area contributed by atoms with Gasteiger partial charge in [0.15, 0.2) is 0 Å². The lowest BCUT2D eigenvalue weighted by Gasteiger charge is -2.14. The zero-order valence-electron chi connectivity index (χ0n) is 11.0. The highest BCUT2D eigenvalue weighted by atomic mass is 79.9. The van der Waals surface area contributed by atoms with Gasteiger partial charge in [0.05, 0.1) is 16.8 Å². The summed E-state index contributed by atoms with van der Waals surface area (Å²) in [6.07, 6.45) is 3.09. The van der Waals surface area contributed by atoms with E-state index < -0.39 is 0 Å². The lowest BCUT2D eigenvalue weighted by atomic mass is 10.1. The predicted molar refractivity (Wildman–Crippen MR) is 76.1 cm³/mol. The molecule has 0 aromatic carbocycles. The molecular formula is C13H20BrN3O. The summed E-state index contributed by atoms with van der Waals surface area (Å²) in [5, 5.41) is 3.30. The van der Waals surface area contributed by atoms with Crippen LogP contribution in [0.5, 0.6) is 0 Å². The summed E-state index contributed by atoms with van der Waals surface area (Å²) in [4.78, 5) is 9.35. The fourth-order valence-electron chi connectivity index (χ4n) is 2.12. The van der Waals surface area contributed by atoms with Crippen molar-refractivity contribution in [3.8, 4) is 0 Å². The molecule has 1 aromatic heterocycles. The number of aryl methyl sites for hydroxylation is 1. The molecule has 0 bridgehead atoms. The Morgan fingerprint density at radius 2 is 2.22 bits per heavy atom.